The van der Waals surface area contributed by atoms with Gasteiger partial charge in [0, 0.05) is 12.6 Å². The minimum absolute atomic E-state index is 0.133. The number of likely N-dealkylation sites (tertiary alicyclic amines) is 1. The Morgan fingerprint density at radius 3 is 2.89 bits per heavy atom. The van der Waals surface area contributed by atoms with Crippen LogP contribution in [0.3, 0.4) is 0 Å². The van der Waals surface area contributed by atoms with Gasteiger partial charge in [0.1, 0.15) is 5.82 Å². The highest BCUT2D eigenvalue weighted by molar-refractivity contribution is 5.52. The van der Waals surface area contributed by atoms with Crippen molar-refractivity contribution in [3.63, 3.8) is 0 Å². The second-order valence-electron chi connectivity index (χ2n) is 5.14. The third-order valence-corrected chi connectivity index (χ3v) is 3.84. The second kappa shape index (κ2) is 6.19. The Labute approximate surface area is 109 Å². The van der Waals surface area contributed by atoms with Crippen LogP contribution < -0.4 is 5.32 Å². The Morgan fingerprint density at radius 1 is 1.33 bits per heavy atom. The highest BCUT2D eigenvalue weighted by Gasteiger charge is 2.17. The van der Waals surface area contributed by atoms with Crippen LogP contribution in [0.4, 0.5) is 10.1 Å². The van der Waals surface area contributed by atoms with Crippen LogP contribution in [0.1, 0.15) is 31.7 Å². The number of benzene rings is 1. The minimum atomic E-state index is -0.133. The molecule has 100 valence electrons. The Balaban J connectivity index is 2.01. The number of halogens is 1. The molecule has 1 fully saturated rings. The summed E-state index contributed by atoms with van der Waals surface area (Å²) in [5.41, 5.74) is 1.68. The number of nitrogens with zero attached hydrogens (tertiary/aromatic N) is 1. The van der Waals surface area contributed by atoms with Gasteiger partial charge in [0.15, 0.2) is 0 Å². The fourth-order valence-electron chi connectivity index (χ4n) is 2.64. The van der Waals surface area contributed by atoms with E-state index in [1.807, 2.05) is 13.0 Å². The number of hydrogen-bond acceptors (Lipinski definition) is 2. The highest BCUT2D eigenvalue weighted by atomic mass is 19.1. The molecule has 1 aliphatic rings. The molecule has 0 aliphatic carbocycles. The van der Waals surface area contributed by atoms with Gasteiger partial charge in [-0.1, -0.05) is 19.1 Å². The largest absolute Gasteiger partial charge is 0.380 e. The van der Waals surface area contributed by atoms with Gasteiger partial charge in [-0.3, -0.25) is 0 Å². The standard InChI is InChI=1S/C15H23FN2/c1-3-18-10-5-7-13(9-11-18)17-15-12(2)6-4-8-14(15)16/h4,6,8,13,17H,3,5,7,9-11H2,1-2H3. The molecule has 1 aliphatic heterocycles. The van der Waals surface area contributed by atoms with Crippen molar-refractivity contribution in [3.8, 4) is 0 Å². The average molecular weight is 250 g/mol. The van der Waals surface area contributed by atoms with Crippen molar-refractivity contribution < 1.29 is 4.39 Å². The molecule has 1 saturated heterocycles. The molecule has 1 unspecified atom stereocenters. The minimum Gasteiger partial charge on any atom is -0.380 e. The fourth-order valence-corrected chi connectivity index (χ4v) is 2.64. The van der Waals surface area contributed by atoms with Crippen LogP contribution in [0.5, 0.6) is 0 Å². The molecule has 1 aromatic carbocycles. The van der Waals surface area contributed by atoms with Crippen molar-refractivity contribution >= 4 is 5.69 Å². The fraction of sp³-hybridized carbons (Fsp3) is 0.600. The highest BCUT2D eigenvalue weighted by Crippen LogP contribution is 2.22. The molecule has 1 atom stereocenters. The first-order chi connectivity index (χ1) is 8.70. The summed E-state index contributed by atoms with van der Waals surface area (Å²) in [4.78, 5) is 2.47. The molecule has 0 radical (unpaired) electrons. The smallest absolute Gasteiger partial charge is 0.146 e. The molecule has 0 spiro atoms. The number of aryl methyl sites for hydroxylation is 1. The molecule has 1 heterocycles. The molecule has 1 N–H and O–H groups in total. The van der Waals surface area contributed by atoms with Gasteiger partial charge in [0.05, 0.1) is 5.69 Å². The third kappa shape index (κ3) is 3.22. The van der Waals surface area contributed by atoms with Crippen LogP contribution in [0.15, 0.2) is 18.2 Å². The van der Waals surface area contributed by atoms with Gasteiger partial charge in [-0.15, -0.1) is 0 Å². The van der Waals surface area contributed by atoms with E-state index < -0.39 is 0 Å². The summed E-state index contributed by atoms with van der Waals surface area (Å²) in [7, 11) is 0. The maximum absolute atomic E-state index is 13.8. The van der Waals surface area contributed by atoms with Crippen molar-refractivity contribution in [1.29, 1.82) is 0 Å². The number of rotatable bonds is 3. The number of nitrogens with one attached hydrogen (secondary N) is 1. The average Bonchev–Trinajstić information content (AvgIpc) is 2.59. The summed E-state index contributed by atoms with van der Waals surface area (Å²) < 4.78 is 13.8. The molecule has 0 saturated carbocycles. The van der Waals surface area contributed by atoms with Crippen molar-refractivity contribution in [3.05, 3.63) is 29.6 Å². The Bertz CT molecular complexity index is 372. The van der Waals surface area contributed by atoms with E-state index in [2.05, 4.69) is 17.1 Å². The van der Waals surface area contributed by atoms with Crippen molar-refractivity contribution in [2.75, 3.05) is 25.0 Å². The summed E-state index contributed by atoms with van der Waals surface area (Å²) in [6.07, 6.45) is 3.42. The molecule has 2 nitrogen and oxygen atoms in total. The third-order valence-electron chi connectivity index (χ3n) is 3.84. The molecule has 3 heteroatoms. The first-order valence-electron chi connectivity index (χ1n) is 6.94. The van der Waals surface area contributed by atoms with Gasteiger partial charge in [-0.25, -0.2) is 4.39 Å². The molecule has 0 bridgehead atoms. The summed E-state index contributed by atoms with van der Waals surface area (Å²) >= 11 is 0. The Kier molecular flexibility index (Phi) is 4.59. The molecule has 0 aromatic heterocycles. The van der Waals surface area contributed by atoms with E-state index in [-0.39, 0.29) is 5.82 Å². The lowest BCUT2D eigenvalue weighted by molar-refractivity contribution is 0.300. The van der Waals surface area contributed by atoms with Crippen LogP contribution in [0, 0.1) is 12.7 Å². The van der Waals surface area contributed by atoms with Gasteiger partial charge in [0.25, 0.3) is 0 Å². The summed E-state index contributed by atoms with van der Waals surface area (Å²) in [6, 6.07) is 5.66. The Morgan fingerprint density at radius 2 is 2.17 bits per heavy atom. The zero-order chi connectivity index (χ0) is 13.0. The molecule has 2 rings (SSSR count). The molecular formula is C15H23FN2. The number of anilines is 1. The maximum atomic E-state index is 13.8. The normalized spacial score (nSPS) is 21.6. The first kappa shape index (κ1) is 13.3. The van der Waals surface area contributed by atoms with Gasteiger partial charge >= 0.3 is 0 Å². The van der Waals surface area contributed by atoms with E-state index in [1.165, 1.54) is 19.0 Å². The monoisotopic (exact) mass is 250 g/mol. The lowest BCUT2D eigenvalue weighted by Gasteiger charge is -2.20. The predicted octanol–water partition coefficient (Wildman–Crippen LogP) is 3.42. The summed E-state index contributed by atoms with van der Waals surface area (Å²) in [5, 5.41) is 3.40. The second-order valence-corrected chi connectivity index (χ2v) is 5.14. The predicted molar refractivity (Wildman–Crippen MR) is 74.5 cm³/mol. The van der Waals surface area contributed by atoms with Crippen molar-refractivity contribution in [1.82, 2.24) is 4.90 Å². The molecule has 0 amide bonds. The van der Waals surface area contributed by atoms with Gasteiger partial charge < -0.3 is 10.2 Å². The number of para-hydroxylation sites is 1. The summed E-state index contributed by atoms with van der Waals surface area (Å²) in [5.74, 6) is -0.133. The van der Waals surface area contributed by atoms with Crippen LogP contribution in [-0.2, 0) is 0 Å². The van der Waals surface area contributed by atoms with Crippen LogP contribution in [-0.4, -0.2) is 30.6 Å². The van der Waals surface area contributed by atoms with E-state index in [9.17, 15) is 4.39 Å². The van der Waals surface area contributed by atoms with E-state index in [0.717, 1.165) is 31.5 Å². The van der Waals surface area contributed by atoms with E-state index in [1.54, 1.807) is 6.07 Å². The van der Waals surface area contributed by atoms with E-state index in [0.29, 0.717) is 11.7 Å². The zero-order valence-electron chi connectivity index (χ0n) is 11.4. The van der Waals surface area contributed by atoms with E-state index >= 15 is 0 Å². The lowest BCUT2D eigenvalue weighted by Crippen LogP contribution is -2.26. The van der Waals surface area contributed by atoms with Gasteiger partial charge in [-0.2, -0.15) is 0 Å². The topological polar surface area (TPSA) is 15.3 Å². The van der Waals surface area contributed by atoms with Crippen molar-refractivity contribution in [2.45, 2.75) is 39.2 Å². The zero-order valence-corrected chi connectivity index (χ0v) is 11.4. The van der Waals surface area contributed by atoms with Crippen LogP contribution >= 0.6 is 0 Å². The Hall–Kier alpha value is -1.09. The van der Waals surface area contributed by atoms with Gasteiger partial charge in [0.2, 0.25) is 0 Å². The maximum Gasteiger partial charge on any atom is 0.146 e. The molecular weight excluding hydrogens is 227 g/mol. The SMILES string of the molecule is CCN1CCCC(Nc2c(C)cccc2F)CC1. The van der Waals surface area contributed by atoms with E-state index in [4.69, 9.17) is 0 Å². The van der Waals surface area contributed by atoms with Gasteiger partial charge in [-0.05, 0) is 50.9 Å². The summed E-state index contributed by atoms with van der Waals surface area (Å²) in [6.45, 7) is 7.56. The quantitative estimate of drug-likeness (QED) is 0.884. The lowest BCUT2D eigenvalue weighted by atomic mass is 10.1. The van der Waals surface area contributed by atoms with Crippen LogP contribution in [0.25, 0.3) is 0 Å². The molecule has 18 heavy (non-hydrogen) atoms. The first-order valence-corrected chi connectivity index (χ1v) is 6.94. The van der Waals surface area contributed by atoms with Crippen molar-refractivity contribution in [2.24, 2.45) is 0 Å². The molecule has 1 aromatic rings. The number of hydrogen-bond donors (Lipinski definition) is 1. The van der Waals surface area contributed by atoms with Crippen LogP contribution in [0.2, 0.25) is 0 Å².